The van der Waals surface area contributed by atoms with E-state index in [9.17, 15) is 4.79 Å². The maximum Gasteiger partial charge on any atom is 0.244 e. The minimum atomic E-state index is 0.0783. The van der Waals surface area contributed by atoms with Crippen molar-refractivity contribution in [2.45, 2.75) is 39.8 Å². The minimum Gasteiger partial charge on any atom is -0.357 e. The first-order chi connectivity index (χ1) is 15.2. The number of amides is 1. The van der Waals surface area contributed by atoms with Gasteiger partial charge in [0.25, 0.3) is 0 Å². The number of thiophene rings is 1. The van der Waals surface area contributed by atoms with Gasteiger partial charge in [-0.1, -0.05) is 12.1 Å². The second kappa shape index (κ2) is 9.96. The predicted octanol–water partition coefficient (Wildman–Crippen LogP) is 2.94. The van der Waals surface area contributed by atoms with Crippen LogP contribution in [0.2, 0.25) is 0 Å². The third-order valence-electron chi connectivity index (χ3n) is 5.57. The zero-order chi connectivity index (χ0) is 21.6. The summed E-state index contributed by atoms with van der Waals surface area (Å²) in [7, 11) is 0. The van der Waals surface area contributed by atoms with Gasteiger partial charge in [0, 0.05) is 37.6 Å². The van der Waals surface area contributed by atoms with Crippen LogP contribution in [0.4, 0.5) is 0 Å². The molecule has 3 aromatic rings. The molecule has 7 nitrogen and oxygen atoms in total. The van der Waals surface area contributed by atoms with Gasteiger partial charge in [-0.2, -0.15) is 0 Å². The van der Waals surface area contributed by atoms with Crippen molar-refractivity contribution < 1.29 is 4.79 Å². The summed E-state index contributed by atoms with van der Waals surface area (Å²) < 4.78 is 2.25. The lowest BCUT2D eigenvalue weighted by atomic mass is 10.1. The summed E-state index contributed by atoms with van der Waals surface area (Å²) in [6, 6.07) is 10.3. The molecule has 0 bridgehead atoms. The maximum atomic E-state index is 12.6. The van der Waals surface area contributed by atoms with E-state index in [4.69, 9.17) is 0 Å². The number of imidazole rings is 1. The van der Waals surface area contributed by atoms with Gasteiger partial charge < -0.3 is 20.1 Å². The molecule has 2 aromatic heterocycles. The van der Waals surface area contributed by atoms with E-state index in [-0.39, 0.29) is 12.5 Å². The maximum absolute atomic E-state index is 12.6. The number of carbonyl (C=O) groups is 1. The molecule has 1 aromatic carbocycles. The van der Waals surface area contributed by atoms with E-state index < -0.39 is 0 Å². The van der Waals surface area contributed by atoms with E-state index >= 15 is 0 Å². The molecule has 0 radical (unpaired) electrons. The van der Waals surface area contributed by atoms with Crippen molar-refractivity contribution in [3.63, 3.8) is 0 Å². The Hall–Kier alpha value is -2.87. The number of hydrogen-bond donors (Lipinski definition) is 2. The molecule has 1 amide bonds. The van der Waals surface area contributed by atoms with Gasteiger partial charge in [-0.15, -0.1) is 11.3 Å². The van der Waals surface area contributed by atoms with Crippen LogP contribution in [0.25, 0.3) is 11.0 Å². The number of fused-ring (bicyclic) bond motifs is 2. The van der Waals surface area contributed by atoms with E-state index in [2.05, 4.69) is 42.7 Å². The molecule has 2 N–H and O–H groups in total. The molecule has 31 heavy (non-hydrogen) atoms. The number of benzene rings is 1. The van der Waals surface area contributed by atoms with Crippen molar-refractivity contribution in [2.75, 3.05) is 26.2 Å². The number of hydrogen-bond acceptors (Lipinski definition) is 4. The SMILES string of the molecule is CCNC(=NCC(=O)N1CCc2sccc2C1)NCCCn1c(C)nc2ccccc21. The van der Waals surface area contributed by atoms with Crippen molar-refractivity contribution in [2.24, 2.45) is 4.99 Å². The van der Waals surface area contributed by atoms with Gasteiger partial charge in [0.1, 0.15) is 12.4 Å². The molecular weight excluding hydrogens is 408 g/mol. The lowest BCUT2D eigenvalue weighted by molar-refractivity contribution is -0.130. The number of para-hydroxylation sites is 2. The van der Waals surface area contributed by atoms with Crippen LogP contribution in [0.15, 0.2) is 40.7 Å². The van der Waals surface area contributed by atoms with Crippen LogP contribution in [0, 0.1) is 6.92 Å². The number of guanidine groups is 1. The Balaban J connectivity index is 1.28. The first-order valence-electron chi connectivity index (χ1n) is 10.9. The zero-order valence-electron chi connectivity index (χ0n) is 18.2. The summed E-state index contributed by atoms with van der Waals surface area (Å²) in [6.07, 6.45) is 1.88. The average molecular weight is 439 g/mol. The number of aromatic nitrogens is 2. The van der Waals surface area contributed by atoms with Gasteiger partial charge >= 0.3 is 0 Å². The van der Waals surface area contributed by atoms with E-state index in [0.717, 1.165) is 50.4 Å². The van der Waals surface area contributed by atoms with Crippen molar-refractivity contribution in [1.29, 1.82) is 0 Å². The highest BCUT2D eigenvalue weighted by Crippen LogP contribution is 2.24. The quantitative estimate of drug-likeness (QED) is 0.338. The summed E-state index contributed by atoms with van der Waals surface area (Å²) in [5, 5.41) is 8.70. The molecule has 0 saturated heterocycles. The highest BCUT2D eigenvalue weighted by atomic mass is 32.1. The summed E-state index contributed by atoms with van der Waals surface area (Å²) in [6.45, 7) is 8.14. The summed E-state index contributed by atoms with van der Waals surface area (Å²) >= 11 is 1.78. The van der Waals surface area contributed by atoms with Gasteiger partial charge in [0.2, 0.25) is 5.91 Å². The van der Waals surface area contributed by atoms with E-state index in [1.807, 2.05) is 36.9 Å². The van der Waals surface area contributed by atoms with Crippen LogP contribution in [-0.2, 0) is 24.3 Å². The number of nitrogens with zero attached hydrogens (tertiary/aromatic N) is 4. The van der Waals surface area contributed by atoms with Crippen LogP contribution in [0.5, 0.6) is 0 Å². The number of rotatable bonds is 7. The first kappa shape index (κ1) is 21.4. The monoisotopic (exact) mass is 438 g/mol. The molecular formula is C23H30N6OS. The van der Waals surface area contributed by atoms with E-state index in [0.29, 0.717) is 12.5 Å². The van der Waals surface area contributed by atoms with Crippen molar-refractivity contribution in [3.8, 4) is 0 Å². The van der Waals surface area contributed by atoms with Crippen LogP contribution < -0.4 is 10.6 Å². The van der Waals surface area contributed by atoms with Crippen LogP contribution in [0.1, 0.15) is 29.6 Å². The molecule has 8 heteroatoms. The van der Waals surface area contributed by atoms with Crippen LogP contribution in [0.3, 0.4) is 0 Å². The fourth-order valence-corrected chi connectivity index (χ4v) is 4.86. The number of aliphatic imine (C=N–C) groups is 1. The van der Waals surface area contributed by atoms with Gasteiger partial charge in [-0.05, 0) is 55.8 Å². The van der Waals surface area contributed by atoms with Crippen molar-refractivity contribution in [1.82, 2.24) is 25.1 Å². The van der Waals surface area contributed by atoms with Crippen molar-refractivity contribution in [3.05, 3.63) is 52.0 Å². The molecule has 3 heterocycles. The van der Waals surface area contributed by atoms with Gasteiger partial charge in [-0.3, -0.25) is 4.79 Å². The largest absolute Gasteiger partial charge is 0.357 e. The summed E-state index contributed by atoms with van der Waals surface area (Å²) in [4.78, 5) is 25.1. The molecule has 0 spiro atoms. The second-order valence-corrected chi connectivity index (χ2v) is 8.71. The third kappa shape index (κ3) is 5.07. The summed E-state index contributed by atoms with van der Waals surface area (Å²) in [5.74, 6) is 1.80. The smallest absolute Gasteiger partial charge is 0.244 e. The van der Waals surface area contributed by atoms with Gasteiger partial charge in [0.05, 0.1) is 11.0 Å². The Kier molecular flexibility index (Phi) is 6.86. The normalized spacial score (nSPS) is 14.0. The number of carbonyl (C=O) groups excluding carboxylic acids is 1. The number of nitrogens with one attached hydrogen (secondary N) is 2. The molecule has 0 atom stereocenters. The van der Waals surface area contributed by atoms with Gasteiger partial charge in [0.15, 0.2) is 5.96 Å². The molecule has 164 valence electrons. The van der Waals surface area contributed by atoms with Crippen LogP contribution >= 0.6 is 11.3 Å². The fourth-order valence-electron chi connectivity index (χ4n) is 3.97. The highest BCUT2D eigenvalue weighted by molar-refractivity contribution is 7.10. The second-order valence-electron chi connectivity index (χ2n) is 7.71. The third-order valence-corrected chi connectivity index (χ3v) is 6.60. The first-order valence-corrected chi connectivity index (χ1v) is 11.8. The minimum absolute atomic E-state index is 0.0783. The van der Waals surface area contributed by atoms with Crippen LogP contribution in [-0.4, -0.2) is 52.5 Å². The highest BCUT2D eigenvalue weighted by Gasteiger charge is 2.21. The lowest BCUT2D eigenvalue weighted by Gasteiger charge is -2.26. The Bertz CT molecular complexity index is 1070. The van der Waals surface area contributed by atoms with E-state index in [1.54, 1.807) is 11.3 Å². The molecule has 1 aliphatic heterocycles. The average Bonchev–Trinajstić information content (AvgIpc) is 3.37. The molecule has 1 aliphatic rings. The predicted molar refractivity (Wildman–Crippen MR) is 127 cm³/mol. The Morgan fingerprint density at radius 1 is 1.26 bits per heavy atom. The Labute approximate surface area is 187 Å². The zero-order valence-corrected chi connectivity index (χ0v) is 19.0. The Morgan fingerprint density at radius 3 is 3.00 bits per heavy atom. The fraction of sp³-hybridized carbons (Fsp3) is 0.435. The lowest BCUT2D eigenvalue weighted by Crippen LogP contribution is -2.40. The molecule has 0 aliphatic carbocycles. The number of aryl methyl sites for hydroxylation is 2. The Morgan fingerprint density at radius 2 is 2.13 bits per heavy atom. The molecule has 0 unspecified atom stereocenters. The van der Waals surface area contributed by atoms with Crippen molar-refractivity contribution >= 4 is 34.2 Å². The molecule has 0 fully saturated rings. The van der Waals surface area contributed by atoms with E-state index in [1.165, 1.54) is 16.0 Å². The topological polar surface area (TPSA) is 74.6 Å². The van der Waals surface area contributed by atoms with Gasteiger partial charge in [-0.25, -0.2) is 9.98 Å². The summed E-state index contributed by atoms with van der Waals surface area (Å²) in [5.41, 5.74) is 3.48. The molecule has 0 saturated carbocycles. The molecule has 4 rings (SSSR count). The standard InChI is InChI=1S/C23H30N6OS/c1-3-24-23(26-15-22(30)28-13-9-21-18(16-28)10-14-31-21)25-11-6-12-29-17(2)27-19-7-4-5-8-20(19)29/h4-5,7-8,10,14H,3,6,9,11-13,15-16H2,1-2H3,(H2,24,25,26).